The van der Waals surface area contributed by atoms with Crippen molar-refractivity contribution in [3.05, 3.63) is 58.0 Å². The Bertz CT molecular complexity index is 1020. The van der Waals surface area contributed by atoms with Crippen molar-refractivity contribution in [1.82, 2.24) is 14.5 Å². The van der Waals surface area contributed by atoms with E-state index in [2.05, 4.69) is 15.3 Å². The van der Waals surface area contributed by atoms with Crippen LogP contribution in [0.2, 0.25) is 5.02 Å². The van der Waals surface area contributed by atoms with Gasteiger partial charge in [-0.25, -0.2) is 9.97 Å². The lowest BCUT2D eigenvalue weighted by molar-refractivity contribution is -0.113. The number of thioether (sulfide) groups is 1. The zero-order valence-corrected chi connectivity index (χ0v) is 16.5. The maximum absolute atomic E-state index is 12.9. The van der Waals surface area contributed by atoms with E-state index < -0.39 is 0 Å². The molecular weight excluding hydrogens is 384 g/mol. The van der Waals surface area contributed by atoms with Gasteiger partial charge in [-0.2, -0.15) is 0 Å². The number of nitrogens with zero attached hydrogens (tertiary/aromatic N) is 3. The molecule has 0 spiro atoms. The first kappa shape index (κ1) is 19.4. The van der Waals surface area contributed by atoms with Crippen molar-refractivity contribution in [2.45, 2.75) is 31.5 Å². The second-order valence-corrected chi connectivity index (χ2v) is 7.42. The number of amides is 1. The van der Waals surface area contributed by atoms with Crippen molar-refractivity contribution in [3.63, 3.8) is 0 Å². The highest BCUT2D eigenvalue weighted by atomic mass is 35.5. The number of rotatable bonds is 6. The van der Waals surface area contributed by atoms with Crippen molar-refractivity contribution in [2.24, 2.45) is 0 Å². The molecule has 140 valence electrons. The predicted octanol–water partition coefficient (Wildman–Crippen LogP) is 4.15. The van der Waals surface area contributed by atoms with Crippen LogP contribution in [0, 0.1) is 0 Å². The second-order valence-electron chi connectivity index (χ2n) is 6.04. The number of hydrogen-bond acceptors (Lipinski definition) is 5. The van der Waals surface area contributed by atoms with Gasteiger partial charge in [0.1, 0.15) is 5.82 Å². The summed E-state index contributed by atoms with van der Waals surface area (Å²) in [6.07, 6.45) is 2.25. The predicted molar refractivity (Wildman–Crippen MR) is 110 cm³/mol. The number of pyridine rings is 1. The van der Waals surface area contributed by atoms with Crippen LogP contribution in [0.3, 0.4) is 0 Å². The average molecular weight is 403 g/mol. The van der Waals surface area contributed by atoms with Crippen LogP contribution in [-0.2, 0) is 4.79 Å². The molecule has 1 N–H and O–H groups in total. The molecule has 1 amide bonds. The van der Waals surface area contributed by atoms with Crippen LogP contribution in [0.1, 0.15) is 26.3 Å². The van der Waals surface area contributed by atoms with Crippen molar-refractivity contribution in [1.29, 1.82) is 0 Å². The van der Waals surface area contributed by atoms with Gasteiger partial charge in [-0.05, 0) is 37.6 Å². The molecular formula is C19H19ClN4O2S. The number of carbonyl (C=O) groups excluding carboxylic acids is 1. The van der Waals surface area contributed by atoms with E-state index in [9.17, 15) is 9.59 Å². The summed E-state index contributed by atoms with van der Waals surface area (Å²) in [5.41, 5.74) is 0.543. The average Bonchev–Trinajstić information content (AvgIpc) is 2.68. The highest BCUT2D eigenvalue weighted by Gasteiger charge is 2.16. The molecule has 2 aromatic heterocycles. The Morgan fingerprint density at radius 2 is 2.07 bits per heavy atom. The second kappa shape index (κ2) is 8.54. The summed E-state index contributed by atoms with van der Waals surface area (Å²) in [6, 6.07) is 10.5. The Morgan fingerprint density at radius 3 is 2.78 bits per heavy atom. The number of fused-ring (bicyclic) bond motifs is 1. The number of anilines is 1. The Hall–Kier alpha value is -2.38. The van der Waals surface area contributed by atoms with Crippen LogP contribution in [0.15, 0.2) is 52.5 Å². The molecule has 3 aromatic rings. The summed E-state index contributed by atoms with van der Waals surface area (Å²) in [5, 5.41) is 4.32. The van der Waals surface area contributed by atoms with E-state index in [1.807, 2.05) is 26.0 Å². The molecule has 0 bridgehead atoms. The van der Waals surface area contributed by atoms with E-state index in [0.717, 1.165) is 6.42 Å². The third-order valence-electron chi connectivity index (χ3n) is 4.13. The molecule has 0 aliphatic heterocycles. The molecule has 6 nitrogen and oxygen atoms in total. The van der Waals surface area contributed by atoms with E-state index >= 15 is 0 Å². The summed E-state index contributed by atoms with van der Waals surface area (Å²) >= 11 is 7.03. The first-order valence-electron chi connectivity index (χ1n) is 8.55. The number of carbonyl (C=O) groups is 1. The van der Waals surface area contributed by atoms with Gasteiger partial charge >= 0.3 is 0 Å². The van der Waals surface area contributed by atoms with Crippen molar-refractivity contribution in [3.8, 4) is 0 Å². The minimum atomic E-state index is -0.229. The smallest absolute Gasteiger partial charge is 0.262 e. The number of para-hydroxylation sites is 1. The lowest BCUT2D eigenvalue weighted by Gasteiger charge is -2.18. The normalized spacial score (nSPS) is 12.1. The molecule has 3 rings (SSSR count). The standard InChI is InChI=1S/C19H19ClN4O2S/c1-3-12(2)24-18(26)14-6-4-5-7-15(14)22-19(24)27-11-17(25)23-16-9-8-13(20)10-21-16/h4-10,12H,3,11H2,1-2H3,(H,21,23,25)/t12-/m1/s1. The highest BCUT2D eigenvalue weighted by molar-refractivity contribution is 7.99. The zero-order valence-electron chi connectivity index (χ0n) is 15.0. The fourth-order valence-corrected chi connectivity index (χ4v) is 3.57. The Balaban J connectivity index is 1.84. The topological polar surface area (TPSA) is 76.9 Å². The fraction of sp³-hybridized carbons (Fsp3) is 0.263. The summed E-state index contributed by atoms with van der Waals surface area (Å²) < 4.78 is 1.67. The fourth-order valence-electron chi connectivity index (χ4n) is 2.56. The third-order valence-corrected chi connectivity index (χ3v) is 5.31. The lowest BCUT2D eigenvalue weighted by atomic mass is 10.2. The first-order valence-corrected chi connectivity index (χ1v) is 9.91. The van der Waals surface area contributed by atoms with Gasteiger partial charge in [-0.15, -0.1) is 0 Å². The summed E-state index contributed by atoms with van der Waals surface area (Å²) in [5.74, 6) is 0.314. The third kappa shape index (κ3) is 4.48. The first-order chi connectivity index (χ1) is 13.0. The molecule has 0 aliphatic carbocycles. The van der Waals surface area contributed by atoms with Crippen LogP contribution in [0.5, 0.6) is 0 Å². The molecule has 0 fully saturated rings. The minimum Gasteiger partial charge on any atom is -0.310 e. The molecule has 8 heteroatoms. The monoisotopic (exact) mass is 402 g/mol. The SMILES string of the molecule is CC[C@@H](C)n1c(SCC(=O)Nc2ccc(Cl)cn2)nc2ccccc2c1=O. The number of aromatic nitrogens is 3. The van der Waals surface area contributed by atoms with Crippen molar-refractivity contribution >= 4 is 46.0 Å². The lowest BCUT2D eigenvalue weighted by Crippen LogP contribution is -2.26. The van der Waals surface area contributed by atoms with Gasteiger partial charge in [-0.3, -0.25) is 14.2 Å². The van der Waals surface area contributed by atoms with Gasteiger partial charge in [0.05, 0.1) is 21.7 Å². The Labute approximate surface area is 166 Å². The zero-order chi connectivity index (χ0) is 19.4. The molecule has 0 saturated heterocycles. The van der Waals surface area contributed by atoms with Crippen molar-refractivity contribution in [2.75, 3.05) is 11.1 Å². The van der Waals surface area contributed by atoms with Crippen LogP contribution in [-0.4, -0.2) is 26.2 Å². The van der Waals surface area contributed by atoms with Crippen LogP contribution in [0.4, 0.5) is 5.82 Å². The molecule has 0 radical (unpaired) electrons. The van der Waals surface area contributed by atoms with Gasteiger partial charge in [0.15, 0.2) is 5.16 Å². The molecule has 0 aliphatic rings. The van der Waals surface area contributed by atoms with Crippen LogP contribution < -0.4 is 10.9 Å². The molecule has 2 heterocycles. The molecule has 0 saturated carbocycles. The van der Waals surface area contributed by atoms with Gasteiger partial charge in [0.25, 0.3) is 5.56 Å². The molecule has 27 heavy (non-hydrogen) atoms. The summed E-state index contributed by atoms with van der Waals surface area (Å²) in [7, 11) is 0. The van der Waals surface area contributed by atoms with Gasteiger partial charge in [0, 0.05) is 12.2 Å². The van der Waals surface area contributed by atoms with E-state index in [1.54, 1.807) is 28.8 Å². The molecule has 1 atom stereocenters. The summed E-state index contributed by atoms with van der Waals surface area (Å²) in [4.78, 5) is 33.8. The number of halogens is 1. The van der Waals surface area contributed by atoms with Gasteiger partial charge < -0.3 is 5.32 Å². The maximum atomic E-state index is 12.9. The van der Waals surface area contributed by atoms with Crippen LogP contribution >= 0.6 is 23.4 Å². The maximum Gasteiger partial charge on any atom is 0.262 e. The van der Waals surface area contributed by atoms with Gasteiger partial charge in [-0.1, -0.05) is 42.4 Å². The van der Waals surface area contributed by atoms with E-state index in [1.165, 1.54) is 18.0 Å². The minimum absolute atomic E-state index is 0.0156. The van der Waals surface area contributed by atoms with Gasteiger partial charge in [0.2, 0.25) is 5.91 Å². The van der Waals surface area contributed by atoms with E-state index in [-0.39, 0.29) is 23.3 Å². The molecule has 1 aromatic carbocycles. The largest absolute Gasteiger partial charge is 0.310 e. The van der Waals surface area contributed by atoms with E-state index in [4.69, 9.17) is 11.6 Å². The number of hydrogen-bond donors (Lipinski definition) is 1. The quantitative estimate of drug-likeness (QED) is 0.495. The number of nitrogens with one attached hydrogen (secondary N) is 1. The van der Waals surface area contributed by atoms with Crippen LogP contribution in [0.25, 0.3) is 10.9 Å². The Morgan fingerprint density at radius 1 is 1.30 bits per heavy atom. The summed E-state index contributed by atoms with van der Waals surface area (Å²) in [6.45, 7) is 3.99. The molecule has 0 unspecified atom stereocenters. The highest BCUT2D eigenvalue weighted by Crippen LogP contribution is 2.22. The Kier molecular flexibility index (Phi) is 6.13. The van der Waals surface area contributed by atoms with E-state index in [0.29, 0.717) is 26.9 Å². The van der Waals surface area contributed by atoms with Crippen molar-refractivity contribution < 1.29 is 4.79 Å². The number of benzene rings is 1.